The third-order valence-electron chi connectivity index (χ3n) is 4.76. The van der Waals surface area contributed by atoms with Crippen molar-refractivity contribution in [2.75, 3.05) is 20.1 Å². The van der Waals surface area contributed by atoms with Gasteiger partial charge in [-0.3, -0.25) is 14.3 Å². The number of hydrogen-bond acceptors (Lipinski definition) is 4. The van der Waals surface area contributed by atoms with E-state index in [0.717, 1.165) is 37.1 Å². The van der Waals surface area contributed by atoms with Gasteiger partial charge in [0.1, 0.15) is 5.69 Å². The Hall–Kier alpha value is -2.53. The van der Waals surface area contributed by atoms with Crippen LogP contribution in [-0.2, 0) is 0 Å². The number of aromatic nitrogens is 3. The Bertz CT molecular complexity index is 912. The summed E-state index contributed by atoms with van der Waals surface area (Å²) in [6, 6.07) is 13.5. The van der Waals surface area contributed by atoms with Crippen LogP contribution in [0.25, 0.3) is 22.4 Å². The molecular weight excluding hydrogens is 300 g/mol. The van der Waals surface area contributed by atoms with Crippen LogP contribution in [0.2, 0.25) is 0 Å². The average molecular weight is 320 g/mol. The lowest BCUT2D eigenvalue weighted by molar-refractivity contribution is 0.219. The molecule has 5 nitrogen and oxygen atoms in total. The number of pyridine rings is 1. The number of benzene rings is 1. The average Bonchev–Trinajstić information content (AvgIpc) is 2.63. The first kappa shape index (κ1) is 15.0. The first-order chi connectivity index (χ1) is 11.7. The van der Waals surface area contributed by atoms with Crippen molar-refractivity contribution in [3.63, 3.8) is 0 Å². The topological polar surface area (TPSA) is 51.0 Å². The second-order valence-electron chi connectivity index (χ2n) is 6.38. The molecule has 0 unspecified atom stereocenters. The Morgan fingerprint density at radius 2 is 1.79 bits per heavy atom. The van der Waals surface area contributed by atoms with E-state index in [1.807, 2.05) is 47.0 Å². The molecule has 1 aliphatic rings. The molecule has 1 fully saturated rings. The van der Waals surface area contributed by atoms with Crippen molar-refractivity contribution in [2.45, 2.75) is 18.9 Å². The molecule has 3 heterocycles. The molecule has 0 radical (unpaired) electrons. The summed E-state index contributed by atoms with van der Waals surface area (Å²) in [5.74, 6) is 0.675. The zero-order valence-corrected chi connectivity index (χ0v) is 13.7. The molecule has 122 valence electrons. The van der Waals surface area contributed by atoms with E-state index in [1.165, 1.54) is 0 Å². The Labute approximate surface area is 140 Å². The van der Waals surface area contributed by atoms with Gasteiger partial charge in [0.05, 0.1) is 10.9 Å². The molecule has 0 amide bonds. The molecule has 2 aromatic heterocycles. The lowest BCUT2D eigenvalue weighted by Crippen LogP contribution is -2.36. The zero-order valence-electron chi connectivity index (χ0n) is 13.7. The molecule has 0 spiro atoms. The van der Waals surface area contributed by atoms with Crippen molar-refractivity contribution >= 4 is 10.9 Å². The first-order valence-electron chi connectivity index (χ1n) is 8.35. The molecule has 3 aromatic rings. The number of piperidine rings is 1. The van der Waals surface area contributed by atoms with E-state index in [4.69, 9.17) is 4.98 Å². The second kappa shape index (κ2) is 6.17. The van der Waals surface area contributed by atoms with Crippen LogP contribution in [0, 0.1) is 0 Å². The highest BCUT2D eigenvalue weighted by molar-refractivity contribution is 5.79. The van der Waals surface area contributed by atoms with Gasteiger partial charge in [0, 0.05) is 12.2 Å². The number of fused-ring (bicyclic) bond motifs is 1. The number of para-hydroxylation sites is 1. The fraction of sp³-hybridized carbons (Fsp3) is 0.316. The van der Waals surface area contributed by atoms with Crippen LogP contribution >= 0.6 is 0 Å². The quantitative estimate of drug-likeness (QED) is 0.728. The summed E-state index contributed by atoms with van der Waals surface area (Å²) in [5.41, 5.74) is 1.52. The van der Waals surface area contributed by atoms with E-state index in [0.29, 0.717) is 11.2 Å². The molecule has 4 rings (SSSR count). The van der Waals surface area contributed by atoms with Crippen LogP contribution in [0.5, 0.6) is 0 Å². The summed E-state index contributed by atoms with van der Waals surface area (Å²) in [4.78, 5) is 24.7. The van der Waals surface area contributed by atoms with Crippen LogP contribution in [0.15, 0.2) is 53.5 Å². The van der Waals surface area contributed by atoms with Crippen molar-refractivity contribution in [1.29, 1.82) is 0 Å². The van der Waals surface area contributed by atoms with Gasteiger partial charge in [0.15, 0.2) is 5.82 Å². The van der Waals surface area contributed by atoms with Gasteiger partial charge in [0.25, 0.3) is 5.56 Å². The van der Waals surface area contributed by atoms with Gasteiger partial charge in [-0.25, -0.2) is 4.98 Å². The molecule has 5 heteroatoms. The SMILES string of the molecule is CN1CCC(n2c(-c3ccccn3)nc3ccccc3c2=O)CC1. The summed E-state index contributed by atoms with van der Waals surface area (Å²) in [5, 5.41) is 0.677. The summed E-state index contributed by atoms with van der Waals surface area (Å²) in [6.45, 7) is 1.98. The molecule has 0 saturated carbocycles. The van der Waals surface area contributed by atoms with E-state index < -0.39 is 0 Å². The second-order valence-corrected chi connectivity index (χ2v) is 6.38. The van der Waals surface area contributed by atoms with Gasteiger partial charge in [0.2, 0.25) is 0 Å². The zero-order chi connectivity index (χ0) is 16.5. The standard InChI is InChI=1S/C19H20N4O/c1-22-12-9-14(10-13-22)23-18(17-8-4-5-11-20-17)21-16-7-3-2-6-15(16)19(23)24/h2-8,11,14H,9-10,12-13H2,1H3. The summed E-state index contributed by atoms with van der Waals surface area (Å²) in [6.07, 6.45) is 3.65. The normalized spacial score (nSPS) is 16.5. The number of rotatable bonds is 2. The van der Waals surface area contributed by atoms with Crippen LogP contribution in [0.1, 0.15) is 18.9 Å². The monoisotopic (exact) mass is 320 g/mol. The number of hydrogen-bond donors (Lipinski definition) is 0. The maximum absolute atomic E-state index is 13.2. The lowest BCUT2D eigenvalue weighted by atomic mass is 10.0. The third-order valence-corrected chi connectivity index (χ3v) is 4.76. The predicted molar refractivity (Wildman–Crippen MR) is 95.0 cm³/mol. The van der Waals surface area contributed by atoms with Gasteiger partial charge in [-0.15, -0.1) is 0 Å². The lowest BCUT2D eigenvalue weighted by Gasteiger charge is -2.31. The maximum Gasteiger partial charge on any atom is 0.261 e. The van der Waals surface area contributed by atoms with Crippen molar-refractivity contribution in [1.82, 2.24) is 19.4 Å². The number of likely N-dealkylation sites (tertiary alicyclic amines) is 1. The largest absolute Gasteiger partial charge is 0.306 e. The first-order valence-corrected chi connectivity index (χ1v) is 8.35. The summed E-state index contributed by atoms with van der Waals surface area (Å²) in [7, 11) is 2.12. The highest BCUT2D eigenvalue weighted by Crippen LogP contribution is 2.26. The highest BCUT2D eigenvalue weighted by Gasteiger charge is 2.24. The van der Waals surface area contributed by atoms with Gasteiger partial charge < -0.3 is 4.90 Å². The molecule has 0 atom stereocenters. The third kappa shape index (κ3) is 2.61. The minimum atomic E-state index is 0.0378. The predicted octanol–water partition coefficient (Wildman–Crippen LogP) is 2.73. The van der Waals surface area contributed by atoms with Crippen molar-refractivity contribution in [3.05, 3.63) is 59.0 Å². The van der Waals surface area contributed by atoms with Crippen LogP contribution in [0.3, 0.4) is 0 Å². The van der Waals surface area contributed by atoms with Gasteiger partial charge in [-0.05, 0) is 57.2 Å². The van der Waals surface area contributed by atoms with Crippen LogP contribution in [-0.4, -0.2) is 39.6 Å². The summed E-state index contributed by atoms with van der Waals surface area (Å²) < 4.78 is 1.87. The molecule has 1 aliphatic heterocycles. The van der Waals surface area contributed by atoms with Gasteiger partial charge in [-0.1, -0.05) is 18.2 Å². The van der Waals surface area contributed by atoms with E-state index in [9.17, 15) is 4.79 Å². The minimum Gasteiger partial charge on any atom is -0.306 e. The van der Waals surface area contributed by atoms with Crippen LogP contribution < -0.4 is 5.56 Å². The molecule has 0 bridgehead atoms. The molecular formula is C19H20N4O. The fourth-order valence-electron chi connectivity index (χ4n) is 3.41. The van der Waals surface area contributed by atoms with Gasteiger partial charge in [-0.2, -0.15) is 0 Å². The molecule has 1 saturated heterocycles. The Balaban J connectivity index is 1.95. The smallest absolute Gasteiger partial charge is 0.261 e. The maximum atomic E-state index is 13.2. The molecule has 0 N–H and O–H groups in total. The van der Waals surface area contributed by atoms with E-state index in [1.54, 1.807) is 6.20 Å². The van der Waals surface area contributed by atoms with E-state index in [-0.39, 0.29) is 11.6 Å². The minimum absolute atomic E-state index is 0.0378. The van der Waals surface area contributed by atoms with E-state index >= 15 is 0 Å². The van der Waals surface area contributed by atoms with Crippen molar-refractivity contribution in [2.24, 2.45) is 0 Å². The molecule has 24 heavy (non-hydrogen) atoms. The molecule has 1 aromatic carbocycles. The van der Waals surface area contributed by atoms with Crippen molar-refractivity contribution in [3.8, 4) is 11.5 Å². The Kier molecular flexibility index (Phi) is 3.86. The fourth-order valence-corrected chi connectivity index (χ4v) is 3.41. The Morgan fingerprint density at radius 1 is 1.04 bits per heavy atom. The van der Waals surface area contributed by atoms with E-state index in [2.05, 4.69) is 16.9 Å². The van der Waals surface area contributed by atoms with Gasteiger partial charge >= 0.3 is 0 Å². The molecule has 0 aliphatic carbocycles. The summed E-state index contributed by atoms with van der Waals surface area (Å²) >= 11 is 0. The Morgan fingerprint density at radius 3 is 2.54 bits per heavy atom. The van der Waals surface area contributed by atoms with Crippen LogP contribution in [0.4, 0.5) is 0 Å². The number of nitrogens with zero attached hydrogens (tertiary/aromatic N) is 4. The highest BCUT2D eigenvalue weighted by atomic mass is 16.1. The van der Waals surface area contributed by atoms with Crippen molar-refractivity contribution < 1.29 is 0 Å².